The van der Waals surface area contributed by atoms with Crippen molar-refractivity contribution in [1.29, 1.82) is 0 Å². The van der Waals surface area contributed by atoms with Crippen LogP contribution in [0.1, 0.15) is 11.5 Å². The first kappa shape index (κ1) is 10.3. The molecule has 2 aromatic rings. The minimum absolute atomic E-state index is 0.247. The van der Waals surface area contributed by atoms with Gasteiger partial charge in [0, 0.05) is 11.8 Å². The van der Waals surface area contributed by atoms with Crippen molar-refractivity contribution in [3.63, 3.8) is 0 Å². The number of alkyl halides is 1. The maximum atomic E-state index is 5.88. The zero-order valence-electron chi connectivity index (χ0n) is 8.49. The van der Waals surface area contributed by atoms with E-state index in [9.17, 15) is 0 Å². The summed E-state index contributed by atoms with van der Waals surface area (Å²) < 4.78 is 0. The Hall–Kier alpha value is -1.27. The summed E-state index contributed by atoms with van der Waals surface area (Å²) in [6.45, 7) is 3.80. The molecule has 0 aliphatic rings. The van der Waals surface area contributed by atoms with E-state index in [2.05, 4.69) is 49.0 Å². The number of rotatable bonds is 3. The van der Waals surface area contributed by atoms with Crippen molar-refractivity contribution in [3.05, 3.63) is 60.7 Å². The first-order valence-electron chi connectivity index (χ1n) is 5.02. The zero-order chi connectivity index (χ0) is 10.7. The van der Waals surface area contributed by atoms with Crippen molar-refractivity contribution in [3.8, 4) is 0 Å². The van der Waals surface area contributed by atoms with Crippen molar-refractivity contribution in [2.75, 3.05) is 5.88 Å². The number of halogens is 1. The Bertz CT molecular complexity index is 473. The van der Waals surface area contributed by atoms with Gasteiger partial charge in [0.05, 0.1) is 0 Å². The normalized spacial score (nSPS) is 12.6. The van der Waals surface area contributed by atoms with E-state index < -0.39 is 0 Å². The van der Waals surface area contributed by atoms with Gasteiger partial charge >= 0.3 is 0 Å². The molecule has 2 aromatic carbocycles. The second kappa shape index (κ2) is 4.50. The SMILES string of the molecule is C=CC(CCl)c1ccc2ccccc2c1. The van der Waals surface area contributed by atoms with E-state index in [1.807, 2.05) is 6.08 Å². The van der Waals surface area contributed by atoms with Gasteiger partial charge in [-0.15, -0.1) is 18.2 Å². The molecule has 76 valence electrons. The maximum absolute atomic E-state index is 5.88. The summed E-state index contributed by atoms with van der Waals surface area (Å²) in [4.78, 5) is 0. The molecular formula is C14H13Cl. The highest BCUT2D eigenvalue weighted by Gasteiger charge is 2.05. The molecule has 0 radical (unpaired) electrons. The number of hydrogen-bond donors (Lipinski definition) is 0. The summed E-state index contributed by atoms with van der Waals surface area (Å²) in [6, 6.07) is 14.8. The van der Waals surface area contributed by atoms with Crippen molar-refractivity contribution >= 4 is 22.4 Å². The van der Waals surface area contributed by atoms with Crippen LogP contribution >= 0.6 is 11.6 Å². The summed E-state index contributed by atoms with van der Waals surface area (Å²) in [7, 11) is 0. The Labute approximate surface area is 95.2 Å². The average molecular weight is 217 g/mol. The third kappa shape index (κ3) is 2.05. The summed E-state index contributed by atoms with van der Waals surface area (Å²) >= 11 is 5.88. The molecule has 0 heterocycles. The molecule has 15 heavy (non-hydrogen) atoms. The van der Waals surface area contributed by atoms with Gasteiger partial charge in [-0.05, 0) is 16.3 Å². The van der Waals surface area contributed by atoms with E-state index in [-0.39, 0.29) is 5.92 Å². The van der Waals surface area contributed by atoms with Gasteiger partial charge in [0.25, 0.3) is 0 Å². The van der Waals surface area contributed by atoms with Crippen molar-refractivity contribution < 1.29 is 0 Å². The molecule has 0 aromatic heterocycles. The van der Waals surface area contributed by atoms with Crippen LogP contribution in [0.15, 0.2) is 55.1 Å². The minimum atomic E-state index is 0.247. The molecule has 0 fully saturated rings. The fraction of sp³-hybridized carbons (Fsp3) is 0.143. The van der Waals surface area contributed by atoms with Gasteiger partial charge in [0.1, 0.15) is 0 Å². The van der Waals surface area contributed by atoms with E-state index in [1.165, 1.54) is 16.3 Å². The van der Waals surface area contributed by atoms with Crippen LogP contribution < -0.4 is 0 Å². The van der Waals surface area contributed by atoms with E-state index >= 15 is 0 Å². The van der Waals surface area contributed by atoms with Gasteiger partial charge in [-0.2, -0.15) is 0 Å². The maximum Gasteiger partial charge on any atom is 0.0326 e. The Balaban J connectivity index is 2.50. The molecule has 0 nitrogen and oxygen atoms in total. The molecule has 0 spiro atoms. The summed E-state index contributed by atoms with van der Waals surface area (Å²) in [6.07, 6.45) is 1.90. The highest BCUT2D eigenvalue weighted by molar-refractivity contribution is 6.18. The lowest BCUT2D eigenvalue weighted by atomic mass is 9.98. The quantitative estimate of drug-likeness (QED) is 0.529. The molecule has 0 bridgehead atoms. The summed E-state index contributed by atoms with van der Waals surface area (Å²) in [5.74, 6) is 0.832. The van der Waals surface area contributed by atoms with Gasteiger partial charge in [0.15, 0.2) is 0 Å². The fourth-order valence-electron chi connectivity index (χ4n) is 1.73. The Kier molecular flexibility index (Phi) is 3.08. The van der Waals surface area contributed by atoms with Crippen LogP contribution in [0.5, 0.6) is 0 Å². The topological polar surface area (TPSA) is 0 Å². The van der Waals surface area contributed by atoms with E-state index in [1.54, 1.807) is 0 Å². The van der Waals surface area contributed by atoms with Gasteiger partial charge in [-0.1, -0.05) is 48.5 Å². The number of hydrogen-bond acceptors (Lipinski definition) is 0. The van der Waals surface area contributed by atoms with Crippen LogP contribution in [0.2, 0.25) is 0 Å². The van der Waals surface area contributed by atoms with Gasteiger partial charge in [-0.3, -0.25) is 0 Å². The van der Waals surface area contributed by atoms with Crippen LogP contribution in [0.3, 0.4) is 0 Å². The molecular weight excluding hydrogens is 204 g/mol. The van der Waals surface area contributed by atoms with Crippen LogP contribution in [0, 0.1) is 0 Å². The molecule has 0 amide bonds. The minimum Gasteiger partial charge on any atom is -0.126 e. The molecule has 0 aliphatic carbocycles. The van der Waals surface area contributed by atoms with Crippen LogP contribution in [0.4, 0.5) is 0 Å². The van der Waals surface area contributed by atoms with E-state index in [4.69, 9.17) is 11.6 Å². The second-order valence-corrected chi connectivity index (χ2v) is 3.91. The highest BCUT2D eigenvalue weighted by atomic mass is 35.5. The summed E-state index contributed by atoms with van der Waals surface area (Å²) in [5, 5.41) is 2.52. The van der Waals surface area contributed by atoms with E-state index in [0.717, 1.165) is 0 Å². The fourth-order valence-corrected chi connectivity index (χ4v) is 2.03. The summed E-state index contributed by atoms with van der Waals surface area (Å²) in [5.41, 5.74) is 1.23. The number of benzene rings is 2. The lowest BCUT2D eigenvalue weighted by molar-refractivity contribution is 0.984. The second-order valence-electron chi connectivity index (χ2n) is 3.60. The average Bonchev–Trinajstić information content (AvgIpc) is 2.30. The van der Waals surface area contributed by atoms with Crippen molar-refractivity contribution in [2.45, 2.75) is 5.92 Å². The molecule has 1 unspecified atom stereocenters. The van der Waals surface area contributed by atoms with Gasteiger partial charge < -0.3 is 0 Å². The number of fused-ring (bicyclic) bond motifs is 1. The zero-order valence-corrected chi connectivity index (χ0v) is 9.24. The van der Waals surface area contributed by atoms with Crippen molar-refractivity contribution in [1.82, 2.24) is 0 Å². The first-order valence-corrected chi connectivity index (χ1v) is 5.56. The molecule has 2 rings (SSSR count). The van der Waals surface area contributed by atoms with Gasteiger partial charge in [0.2, 0.25) is 0 Å². The number of allylic oxidation sites excluding steroid dienone is 1. The highest BCUT2D eigenvalue weighted by Crippen LogP contribution is 2.23. The monoisotopic (exact) mass is 216 g/mol. The third-order valence-corrected chi connectivity index (χ3v) is 2.98. The molecule has 0 saturated heterocycles. The standard InChI is InChI=1S/C14H13Cl/c1-2-11(10-15)14-8-7-12-5-3-4-6-13(12)9-14/h2-9,11H,1,10H2. The predicted molar refractivity (Wildman–Crippen MR) is 67.6 cm³/mol. The molecule has 1 atom stereocenters. The van der Waals surface area contributed by atoms with Crippen LogP contribution in [-0.2, 0) is 0 Å². The van der Waals surface area contributed by atoms with Crippen molar-refractivity contribution in [2.24, 2.45) is 0 Å². The van der Waals surface area contributed by atoms with Gasteiger partial charge in [-0.25, -0.2) is 0 Å². The molecule has 0 saturated carbocycles. The Morgan fingerprint density at radius 3 is 2.53 bits per heavy atom. The predicted octanol–water partition coefficient (Wildman–Crippen LogP) is 4.35. The van der Waals surface area contributed by atoms with Crippen LogP contribution in [0.25, 0.3) is 10.8 Å². The smallest absolute Gasteiger partial charge is 0.0326 e. The molecule has 0 aliphatic heterocycles. The largest absolute Gasteiger partial charge is 0.126 e. The van der Waals surface area contributed by atoms with E-state index in [0.29, 0.717) is 5.88 Å². The molecule has 1 heteroatoms. The van der Waals surface area contributed by atoms with Crippen LogP contribution in [-0.4, -0.2) is 5.88 Å². The molecule has 0 N–H and O–H groups in total. The Morgan fingerprint density at radius 2 is 1.87 bits per heavy atom. The first-order chi connectivity index (χ1) is 7.35. The lowest BCUT2D eigenvalue weighted by Crippen LogP contribution is -1.95. The Morgan fingerprint density at radius 1 is 1.13 bits per heavy atom. The third-order valence-electron chi connectivity index (χ3n) is 2.65. The lowest BCUT2D eigenvalue weighted by Gasteiger charge is -2.09.